The third kappa shape index (κ3) is 7.13. The molecule has 1 aromatic heterocycles. The van der Waals surface area contributed by atoms with E-state index in [1.807, 2.05) is 23.1 Å². The molecule has 1 N–H and O–H groups in total. The minimum absolute atomic E-state index is 0.420. The molecule has 4 nitrogen and oxygen atoms in total. The second-order valence-corrected chi connectivity index (χ2v) is 4.88. The Morgan fingerprint density at radius 2 is 2.12 bits per heavy atom. The highest BCUT2D eigenvalue weighted by molar-refractivity contribution is 4.78. The van der Waals surface area contributed by atoms with Gasteiger partial charge in [-0.05, 0) is 25.3 Å². The molecule has 0 fully saturated rings. The molecule has 0 aliphatic rings. The highest BCUT2D eigenvalue weighted by Crippen LogP contribution is 1.98. The normalized spacial score (nSPS) is 13.2. The van der Waals surface area contributed by atoms with Crippen molar-refractivity contribution in [3.8, 4) is 0 Å². The summed E-state index contributed by atoms with van der Waals surface area (Å²) in [4.78, 5) is 0. The second kappa shape index (κ2) is 8.25. The molecule has 98 valence electrons. The molecular formula is C13H25N3O. The van der Waals surface area contributed by atoms with Crippen LogP contribution >= 0.6 is 0 Å². The van der Waals surface area contributed by atoms with Gasteiger partial charge in [0.25, 0.3) is 0 Å². The fourth-order valence-corrected chi connectivity index (χ4v) is 1.55. The minimum atomic E-state index is 0.420. The fraction of sp³-hybridized carbons (Fsp3) is 0.769. The van der Waals surface area contributed by atoms with Crippen LogP contribution in [0.3, 0.4) is 0 Å². The first-order chi connectivity index (χ1) is 8.18. The van der Waals surface area contributed by atoms with E-state index in [1.54, 1.807) is 0 Å². The number of nitrogens with zero attached hydrogens (tertiary/aromatic N) is 2. The largest absolute Gasteiger partial charge is 0.380 e. The van der Waals surface area contributed by atoms with Gasteiger partial charge in [0.05, 0.1) is 13.2 Å². The molecule has 1 rings (SSSR count). The van der Waals surface area contributed by atoms with Gasteiger partial charge >= 0.3 is 0 Å². The van der Waals surface area contributed by atoms with Crippen molar-refractivity contribution >= 4 is 0 Å². The Morgan fingerprint density at radius 3 is 2.76 bits per heavy atom. The highest BCUT2D eigenvalue weighted by atomic mass is 16.5. The predicted molar refractivity (Wildman–Crippen MR) is 70.0 cm³/mol. The van der Waals surface area contributed by atoms with E-state index in [9.17, 15) is 0 Å². The molecule has 0 aliphatic heterocycles. The first kappa shape index (κ1) is 14.2. The van der Waals surface area contributed by atoms with Gasteiger partial charge in [-0.25, -0.2) is 0 Å². The zero-order valence-electron chi connectivity index (χ0n) is 11.2. The Kier molecular flexibility index (Phi) is 6.89. The summed E-state index contributed by atoms with van der Waals surface area (Å²) in [5.74, 6) is 0.724. The van der Waals surface area contributed by atoms with Crippen molar-refractivity contribution in [3.63, 3.8) is 0 Å². The summed E-state index contributed by atoms with van der Waals surface area (Å²) < 4.78 is 7.49. The summed E-state index contributed by atoms with van der Waals surface area (Å²) in [6.45, 7) is 10.1. The highest BCUT2D eigenvalue weighted by Gasteiger charge is 2.01. The molecule has 0 radical (unpaired) electrons. The number of nitrogens with one attached hydrogen (secondary N) is 1. The van der Waals surface area contributed by atoms with E-state index in [4.69, 9.17) is 4.74 Å². The third-order valence-corrected chi connectivity index (χ3v) is 2.60. The molecular weight excluding hydrogens is 214 g/mol. The summed E-state index contributed by atoms with van der Waals surface area (Å²) in [6.07, 6.45) is 4.93. The molecule has 1 atom stereocenters. The van der Waals surface area contributed by atoms with Crippen molar-refractivity contribution in [1.82, 2.24) is 15.1 Å². The van der Waals surface area contributed by atoms with E-state index in [0.29, 0.717) is 6.04 Å². The summed E-state index contributed by atoms with van der Waals surface area (Å²) >= 11 is 0. The van der Waals surface area contributed by atoms with Gasteiger partial charge in [-0.1, -0.05) is 13.8 Å². The van der Waals surface area contributed by atoms with Crippen LogP contribution in [-0.4, -0.2) is 35.6 Å². The molecule has 17 heavy (non-hydrogen) atoms. The first-order valence-electron chi connectivity index (χ1n) is 6.47. The standard InChI is InChI=1S/C13H25N3O/c1-12(2)5-9-17-10-7-14-13(3)11-16-8-4-6-15-16/h4,6,8,12-14H,5,7,9-11H2,1-3H3. The van der Waals surface area contributed by atoms with Crippen LogP contribution in [-0.2, 0) is 11.3 Å². The van der Waals surface area contributed by atoms with Gasteiger partial charge < -0.3 is 10.1 Å². The number of ether oxygens (including phenoxy) is 1. The maximum Gasteiger partial charge on any atom is 0.0591 e. The molecule has 0 aromatic carbocycles. The Bertz CT molecular complexity index is 272. The predicted octanol–water partition coefficient (Wildman–Crippen LogP) is 1.92. The Labute approximate surface area is 104 Å². The minimum Gasteiger partial charge on any atom is -0.380 e. The van der Waals surface area contributed by atoms with Crippen molar-refractivity contribution in [1.29, 1.82) is 0 Å². The van der Waals surface area contributed by atoms with E-state index in [1.165, 1.54) is 0 Å². The van der Waals surface area contributed by atoms with E-state index < -0.39 is 0 Å². The van der Waals surface area contributed by atoms with Gasteiger partial charge in [0.15, 0.2) is 0 Å². The monoisotopic (exact) mass is 239 g/mol. The second-order valence-electron chi connectivity index (χ2n) is 4.88. The average molecular weight is 239 g/mol. The molecule has 0 saturated heterocycles. The van der Waals surface area contributed by atoms with Gasteiger partial charge in [-0.2, -0.15) is 5.10 Å². The zero-order chi connectivity index (χ0) is 12.5. The molecule has 0 aliphatic carbocycles. The summed E-state index contributed by atoms with van der Waals surface area (Å²) in [5.41, 5.74) is 0. The number of hydrogen-bond donors (Lipinski definition) is 1. The van der Waals surface area contributed by atoms with Crippen molar-refractivity contribution in [2.75, 3.05) is 19.8 Å². The van der Waals surface area contributed by atoms with E-state index in [2.05, 4.69) is 31.2 Å². The first-order valence-corrected chi connectivity index (χ1v) is 6.47. The Morgan fingerprint density at radius 1 is 1.29 bits per heavy atom. The van der Waals surface area contributed by atoms with E-state index in [-0.39, 0.29) is 0 Å². The number of hydrogen-bond acceptors (Lipinski definition) is 3. The molecule has 0 spiro atoms. The van der Waals surface area contributed by atoms with Crippen LogP contribution < -0.4 is 5.32 Å². The number of aromatic nitrogens is 2. The molecule has 0 saturated carbocycles. The number of rotatable bonds is 9. The quantitative estimate of drug-likeness (QED) is 0.669. The van der Waals surface area contributed by atoms with Crippen LogP contribution in [0.2, 0.25) is 0 Å². The average Bonchev–Trinajstić information content (AvgIpc) is 2.75. The summed E-state index contributed by atoms with van der Waals surface area (Å²) in [7, 11) is 0. The van der Waals surface area contributed by atoms with Gasteiger partial charge in [0.1, 0.15) is 0 Å². The lowest BCUT2D eigenvalue weighted by molar-refractivity contribution is 0.123. The van der Waals surface area contributed by atoms with Crippen molar-refractivity contribution in [2.24, 2.45) is 5.92 Å². The van der Waals surface area contributed by atoms with Gasteiger partial charge in [0, 0.05) is 31.6 Å². The van der Waals surface area contributed by atoms with E-state index >= 15 is 0 Å². The maximum absolute atomic E-state index is 5.55. The lowest BCUT2D eigenvalue weighted by Crippen LogP contribution is -2.33. The van der Waals surface area contributed by atoms with Crippen LogP contribution in [0.15, 0.2) is 18.5 Å². The van der Waals surface area contributed by atoms with E-state index in [0.717, 1.165) is 38.6 Å². The third-order valence-electron chi connectivity index (χ3n) is 2.60. The topological polar surface area (TPSA) is 39.1 Å². The van der Waals surface area contributed by atoms with Gasteiger partial charge in [-0.15, -0.1) is 0 Å². The lowest BCUT2D eigenvalue weighted by Gasteiger charge is -2.14. The van der Waals surface area contributed by atoms with Crippen molar-refractivity contribution < 1.29 is 4.74 Å². The SMILES string of the molecule is CC(C)CCOCCNC(C)Cn1cccn1. The lowest BCUT2D eigenvalue weighted by atomic mass is 10.1. The van der Waals surface area contributed by atoms with Gasteiger partial charge in [-0.3, -0.25) is 4.68 Å². The maximum atomic E-state index is 5.55. The molecule has 1 unspecified atom stereocenters. The van der Waals surface area contributed by atoms with Crippen molar-refractivity contribution in [3.05, 3.63) is 18.5 Å². The molecule has 1 heterocycles. The van der Waals surface area contributed by atoms with Gasteiger partial charge in [0.2, 0.25) is 0 Å². The van der Waals surface area contributed by atoms with Crippen molar-refractivity contribution in [2.45, 2.75) is 39.8 Å². The Balaban J connectivity index is 1.95. The molecule has 4 heteroatoms. The molecule has 0 amide bonds. The molecule has 1 aromatic rings. The van der Waals surface area contributed by atoms with Crippen LogP contribution in [0.5, 0.6) is 0 Å². The molecule has 0 bridgehead atoms. The Hall–Kier alpha value is -0.870. The summed E-state index contributed by atoms with van der Waals surface area (Å²) in [5, 5.41) is 7.60. The zero-order valence-corrected chi connectivity index (χ0v) is 11.2. The summed E-state index contributed by atoms with van der Waals surface area (Å²) in [6, 6.07) is 2.37. The fourth-order valence-electron chi connectivity index (χ4n) is 1.55. The van der Waals surface area contributed by atoms with Crippen LogP contribution in [0.25, 0.3) is 0 Å². The van der Waals surface area contributed by atoms with Crippen LogP contribution in [0.1, 0.15) is 27.2 Å². The van der Waals surface area contributed by atoms with Crippen LogP contribution in [0.4, 0.5) is 0 Å². The van der Waals surface area contributed by atoms with Crippen LogP contribution in [0, 0.1) is 5.92 Å². The smallest absolute Gasteiger partial charge is 0.0591 e.